The maximum absolute atomic E-state index is 6.02. The highest BCUT2D eigenvalue weighted by Gasteiger charge is 2.20. The van der Waals surface area contributed by atoms with E-state index >= 15 is 0 Å². The van der Waals surface area contributed by atoms with Crippen LogP contribution in [-0.2, 0) is 12.8 Å². The van der Waals surface area contributed by atoms with E-state index in [0.717, 1.165) is 43.9 Å². The van der Waals surface area contributed by atoms with Gasteiger partial charge in [-0.1, -0.05) is 0 Å². The molecule has 3 rings (SSSR count). The van der Waals surface area contributed by atoms with Gasteiger partial charge >= 0.3 is 0 Å². The third kappa shape index (κ3) is 2.27. The number of aryl methyl sites for hydroxylation is 1. The summed E-state index contributed by atoms with van der Waals surface area (Å²) < 4.78 is 0. The lowest BCUT2D eigenvalue weighted by molar-refractivity contribution is 0.550. The Morgan fingerprint density at radius 3 is 2.82 bits per heavy atom. The van der Waals surface area contributed by atoms with E-state index in [0.29, 0.717) is 6.04 Å². The highest BCUT2D eigenvalue weighted by molar-refractivity contribution is 5.42. The minimum Gasteiger partial charge on any atom is -0.355 e. The summed E-state index contributed by atoms with van der Waals surface area (Å²) >= 11 is 0. The molecule has 1 aromatic heterocycles. The molecule has 1 aliphatic carbocycles. The molecule has 4 nitrogen and oxygen atoms in total. The molecule has 0 bridgehead atoms. The van der Waals surface area contributed by atoms with Crippen molar-refractivity contribution in [2.45, 2.75) is 44.6 Å². The number of fused-ring (bicyclic) bond motifs is 1. The molecule has 0 unspecified atom stereocenters. The minimum atomic E-state index is 0.306. The third-order valence-corrected chi connectivity index (χ3v) is 3.86. The van der Waals surface area contributed by atoms with Gasteiger partial charge in [0.2, 0.25) is 0 Å². The second-order valence-electron chi connectivity index (χ2n) is 5.23. The zero-order valence-corrected chi connectivity index (χ0v) is 10.2. The Kier molecular flexibility index (Phi) is 2.97. The Hall–Kier alpha value is -1.16. The smallest absolute Gasteiger partial charge is 0.151 e. The first-order chi connectivity index (χ1) is 8.33. The van der Waals surface area contributed by atoms with Crippen LogP contribution < -0.4 is 10.6 Å². The first kappa shape index (κ1) is 11.0. The van der Waals surface area contributed by atoms with Gasteiger partial charge in [0, 0.05) is 19.1 Å². The minimum absolute atomic E-state index is 0.306. The summed E-state index contributed by atoms with van der Waals surface area (Å²) in [5.41, 5.74) is 8.49. The van der Waals surface area contributed by atoms with Crippen LogP contribution in [0.4, 0.5) is 5.82 Å². The number of anilines is 1. The van der Waals surface area contributed by atoms with Gasteiger partial charge in [-0.25, -0.2) is 0 Å². The molecular formula is C13H20N4. The molecule has 4 heteroatoms. The number of piperidine rings is 1. The van der Waals surface area contributed by atoms with Gasteiger partial charge in [-0.15, -0.1) is 5.10 Å². The lowest BCUT2D eigenvalue weighted by atomic mass is 9.93. The summed E-state index contributed by atoms with van der Waals surface area (Å²) in [5.74, 6) is 1.05. The van der Waals surface area contributed by atoms with Crippen LogP contribution in [0.1, 0.15) is 36.9 Å². The maximum Gasteiger partial charge on any atom is 0.151 e. The first-order valence-corrected chi connectivity index (χ1v) is 6.69. The Morgan fingerprint density at radius 2 is 2.00 bits per heavy atom. The number of rotatable bonds is 1. The van der Waals surface area contributed by atoms with E-state index < -0.39 is 0 Å². The van der Waals surface area contributed by atoms with Crippen molar-refractivity contribution in [3.63, 3.8) is 0 Å². The average Bonchev–Trinajstić information content (AvgIpc) is 2.39. The molecule has 1 saturated heterocycles. The molecule has 17 heavy (non-hydrogen) atoms. The molecule has 92 valence electrons. The summed E-state index contributed by atoms with van der Waals surface area (Å²) in [4.78, 5) is 2.36. The fraction of sp³-hybridized carbons (Fsp3) is 0.692. The Morgan fingerprint density at radius 1 is 1.18 bits per heavy atom. The summed E-state index contributed by atoms with van der Waals surface area (Å²) in [5, 5.41) is 8.76. The van der Waals surface area contributed by atoms with Crippen LogP contribution in [0.3, 0.4) is 0 Å². The largest absolute Gasteiger partial charge is 0.355 e. The van der Waals surface area contributed by atoms with Crippen molar-refractivity contribution in [2.24, 2.45) is 5.73 Å². The zero-order chi connectivity index (χ0) is 11.7. The van der Waals surface area contributed by atoms with Crippen molar-refractivity contribution in [2.75, 3.05) is 18.0 Å². The van der Waals surface area contributed by atoms with Gasteiger partial charge in [-0.3, -0.25) is 0 Å². The van der Waals surface area contributed by atoms with E-state index in [1.807, 2.05) is 0 Å². The summed E-state index contributed by atoms with van der Waals surface area (Å²) in [6.45, 7) is 2.25. The van der Waals surface area contributed by atoms with E-state index in [2.05, 4.69) is 21.2 Å². The SMILES string of the molecule is N[C@H]1CCc2nnc(N3CCCCC3)cc2C1. The highest BCUT2D eigenvalue weighted by Crippen LogP contribution is 2.23. The van der Waals surface area contributed by atoms with Crippen LogP contribution in [0.2, 0.25) is 0 Å². The van der Waals surface area contributed by atoms with Crippen molar-refractivity contribution < 1.29 is 0 Å². The predicted octanol–water partition coefficient (Wildman–Crippen LogP) is 1.28. The van der Waals surface area contributed by atoms with Gasteiger partial charge in [-0.2, -0.15) is 5.10 Å². The summed E-state index contributed by atoms with van der Waals surface area (Å²) in [6, 6.07) is 2.52. The lowest BCUT2D eigenvalue weighted by Gasteiger charge is -2.28. The molecule has 0 saturated carbocycles. The number of nitrogens with zero attached hydrogens (tertiary/aromatic N) is 3. The molecule has 0 radical (unpaired) electrons. The van der Waals surface area contributed by atoms with Gasteiger partial charge < -0.3 is 10.6 Å². The summed E-state index contributed by atoms with van der Waals surface area (Å²) in [6.07, 6.45) is 6.90. The van der Waals surface area contributed by atoms with E-state index in [9.17, 15) is 0 Å². The topological polar surface area (TPSA) is 55.0 Å². The molecular weight excluding hydrogens is 212 g/mol. The molecule has 0 spiro atoms. The van der Waals surface area contributed by atoms with Gasteiger partial charge in [-0.05, 0) is 50.2 Å². The molecule has 1 aromatic rings. The zero-order valence-electron chi connectivity index (χ0n) is 10.2. The van der Waals surface area contributed by atoms with Crippen LogP contribution in [-0.4, -0.2) is 29.3 Å². The number of nitrogens with two attached hydrogens (primary N) is 1. The maximum atomic E-state index is 6.02. The monoisotopic (exact) mass is 232 g/mol. The number of hydrogen-bond donors (Lipinski definition) is 1. The number of hydrogen-bond acceptors (Lipinski definition) is 4. The first-order valence-electron chi connectivity index (χ1n) is 6.69. The van der Waals surface area contributed by atoms with Gasteiger partial charge in [0.15, 0.2) is 5.82 Å². The Bertz CT molecular complexity index is 398. The lowest BCUT2D eigenvalue weighted by Crippen LogP contribution is -2.32. The average molecular weight is 232 g/mol. The van der Waals surface area contributed by atoms with Crippen molar-refractivity contribution >= 4 is 5.82 Å². The predicted molar refractivity (Wildman–Crippen MR) is 68.1 cm³/mol. The highest BCUT2D eigenvalue weighted by atomic mass is 15.3. The molecule has 2 heterocycles. The van der Waals surface area contributed by atoms with Gasteiger partial charge in [0.1, 0.15) is 0 Å². The van der Waals surface area contributed by atoms with Crippen LogP contribution in [0.25, 0.3) is 0 Å². The molecule has 1 aliphatic heterocycles. The molecule has 1 atom stereocenters. The van der Waals surface area contributed by atoms with Crippen LogP contribution in [0.15, 0.2) is 6.07 Å². The van der Waals surface area contributed by atoms with Crippen LogP contribution >= 0.6 is 0 Å². The Balaban J connectivity index is 1.84. The van der Waals surface area contributed by atoms with E-state index in [4.69, 9.17) is 5.73 Å². The van der Waals surface area contributed by atoms with Crippen molar-refractivity contribution in [3.8, 4) is 0 Å². The molecule has 2 N–H and O–H groups in total. The second kappa shape index (κ2) is 4.61. The van der Waals surface area contributed by atoms with E-state index in [1.165, 1.54) is 24.8 Å². The summed E-state index contributed by atoms with van der Waals surface area (Å²) in [7, 11) is 0. The second-order valence-corrected chi connectivity index (χ2v) is 5.23. The van der Waals surface area contributed by atoms with Crippen LogP contribution in [0, 0.1) is 0 Å². The number of aromatic nitrogens is 2. The molecule has 1 fully saturated rings. The molecule has 2 aliphatic rings. The van der Waals surface area contributed by atoms with Crippen molar-refractivity contribution in [1.29, 1.82) is 0 Å². The van der Waals surface area contributed by atoms with E-state index in [1.54, 1.807) is 0 Å². The molecule has 0 amide bonds. The quantitative estimate of drug-likeness (QED) is 0.792. The van der Waals surface area contributed by atoms with E-state index in [-0.39, 0.29) is 0 Å². The van der Waals surface area contributed by atoms with Crippen molar-refractivity contribution in [3.05, 3.63) is 17.3 Å². The Labute approximate surface area is 102 Å². The third-order valence-electron chi connectivity index (χ3n) is 3.86. The van der Waals surface area contributed by atoms with Gasteiger partial charge in [0.05, 0.1) is 5.69 Å². The van der Waals surface area contributed by atoms with Gasteiger partial charge in [0.25, 0.3) is 0 Å². The van der Waals surface area contributed by atoms with Crippen LogP contribution in [0.5, 0.6) is 0 Å². The van der Waals surface area contributed by atoms with Crippen molar-refractivity contribution in [1.82, 2.24) is 10.2 Å². The fourth-order valence-corrected chi connectivity index (χ4v) is 2.82. The normalized spacial score (nSPS) is 24.5. The fourth-order valence-electron chi connectivity index (χ4n) is 2.82. The molecule has 0 aromatic carbocycles. The standard InChI is InChI=1S/C13H20N4/c14-11-4-5-12-10(8-11)9-13(16-15-12)17-6-2-1-3-7-17/h9,11H,1-8,14H2/t11-/m0/s1.